The molecule has 4 nitrogen and oxygen atoms in total. The molecule has 0 saturated carbocycles. The van der Waals surface area contributed by atoms with Crippen molar-refractivity contribution in [3.05, 3.63) is 34.2 Å². The number of hydrogen-bond acceptors (Lipinski definition) is 5. The molecule has 1 unspecified atom stereocenters. The Balaban J connectivity index is 2.30. The van der Waals surface area contributed by atoms with Gasteiger partial charge in [0.2, 0.25) is 5.95 Å². The van der Waals surface area contributed by atoms with E-state index in [0.29, 0.717) is 5.95 Å². The van der Waals surface area contributed by atoms with Crippen LogP contribution in [0.3, 0.4) is 0 Å². The maximum atomic E-state index is 5.64. The van der Waals surface area contributed by atoms with E-state index >= 15 is 0 Å². The fourth-order valence-electron chi connectivity index (χ4n) is 1.71. The molecule has 17 heavy (non-hydrogen) atoms. The number of nitrogens with zero attached hydrogens (tertiary/aromatic N) is 3. The van der Waals surface area contributed by atoms with Crippen LogP contribution in [0.2, 0.25) is 0 Å². The lowest BCUT2D eigenvalue weighted by molar-refractivity contribution is 0.738. The molecule has 0 bridgehead atoms. The van der Waals surface area contributed by atoms with E-state index in [4.69, 9.17) is 5.73 Å². The zero-order valence-electron chi connectivity index (χ0n) is 10.2. The SMILES string of the molecule is Cc1cnc(N)nc1N(C)C(C)c1cccs1. The maximum absolute atomic E-state index is 5.64. The van der Waals surface area contributed by atoms with Crippen LogP contribution in [0.15, 0.2) is 23.7 Å². The summed E-state index contributed by atoms with van der Waals surface area (Å²) in [4.78, 5) is 11.7. The van der Waals surface area contributed by atoms with E-state index in [0.717, 1.165) is 11.4 Å². The fourth-order valence-corrected chi connectivity index (χ4v) is 2.53. The van der Waals surface area contributed by atoms with Crippen molar-refractivity contribution in [2.75, 3.05) is 17.7 Å². The molecule has 2 N–H and O–H groups in total. The predicted molar refractivity (Wildman–Crippen MR) is 72.3 cm³/mol. The minimum atomic E-state index is 0.281. The molecule has 2 aromatic rings. The Hall–Kier alpha value is -1.62. The van der Waals surface area contributed by atoms with Crippen molar-refractivity contribution in [1.82, 2.24) is 9.97 Å². The molecule has 0 aliphatic rings. The Morgan fingerprint density at radius 1 is 1.47 bits per heavy atom. The number of nitrogen functional groups attached to an aromatic ring is 1. The molecule has 5 heteroatoms. The highest BCUT2D eigenvalue weighted by Crippen LogP contribution is 2.28. The third-order valence-corrected chi connectivity index (χ3v) is 3.88. The van der Waals surface area contributed by atoms with Gasteiger partial charge >= 0.3 is 0 Å². The lowest BCUT2D eigenvalue weighted by atomic mass is 10.2. The van der Waals surface area contributed by atoms with Crippen LogP contribution >= 0.6 is 11.3 Å². The summed E-state index contributed by atoms with van der Waals surface area (Å²) in [7, 11) is 2.03. The Bertz CT molecular complexity index is 495. The maximum Gasteiger partial charge on any atom is 0.221 e. The van der Waals surface area contributed by atoms with Gasteiger partial charge in [0.15, 0.2) is 0 Å². The van der Waals surface area contributed by atoms with Crippen LogP contribution in [0, 0.1) is 6.92 Å². The third-order valence-electron chi connectivity index (χ3n) is 2.83. The van der Waals surface area contributed by atoms with Crippen molar-refractivity contribution in [3.8, 4) is 0 Å². The van der Waals surface area contributed by atoms with Crippen molar-refractivity contribution >= 4 is 23.1 Å². The molecule has 2 aromatic heterocycles. The van der Waals surface area contributed by atoms with Gasteiger partial charge in [0.1, 0.15) is 5.82 Å². The van der Waals surface area contributed by atoms with E-state index in [1.54, 1.807) is 17.5 Å². The van der Waals surface area contributed by atoms with Gasteiger partial charge in [-0.25, -0.2) is 4.98 Å². The van der Waals surface area contributed by atoms with Crippen LogP contribution in [0.1, 0.15) is 23.4 Å². The third kappa shape index (κ3) is 2.39. The Morgan fingerprint density at radius 3 is 2.88 bits per heavy atom. The highest BCUT2D eigenvalue weighted by atomic mass is 32.1. The van der Waals surface area contributed by atoms with E-state index in [1.165, 1.54) is 4.88 Å². The van der Waals surface area contributed by atoms with Gasteiger partial charge in [-0.05, 0) is 25.3 Å². The standard InChI is InChI=1S/C12H16N4S/c1-8-7-14-12(13)15-11(8)16(3)9(2)10-5-4-6-17-10/h4-7,9H,1-3H3,(H2,13,14,15). The molecule has 90 valence electrons. The summed E-state index contributed by atoms with van der Waals surface area (Å²) in [6.07, 6.45) is 1.76. The lowest BCUT2D eigenvalue weighted by Crippen LogP contribution is -2.23. The van der Waals surface area contributed by atoms with E-state index < -0.39 is 0 Å². The number of nitrogens with two attached hydrogens (primary N) is 1. The number of anilines is 2. The predicted octanol–water partition coefficient (Wildman–Crippen LogP) is 2.63. The fraction of sp³-hybridized carbons (Fsp3) is 0.333. The highest BCUT2D eigenvalue weighted by molar-refractivity contribution is 7.10. The second-order valence-corrected chi connectivity index (χ2v) is 5.02. The van der Waals surface area contributed by atoms with Gasteiger partial charge in [-0.2, -0.15) is 4.98 Å². The molecule has 0 amide bonds. The lowest BCUT2D eigenvalue weighted by Gasteiger charge is -2.26. The molecule has 2 rings (SSSR count). The molecule has 0 aliphatic heterocycles. The van der Waals surface area contributed by atoms with Crippen molar-refractivity contribution in [2.45, 2.75) is 19.9 Å². The molecule has 0 radical (unpaired) electrons. The molecule has 0 saturated heterocycles. The molecule has 0 spiro atoms. The average Bonchev–Trinajstić information content (AvgIpc) is 2.84. The van der Waals surface area contributed by atoms with E-state index in [1.807, 2.05) is 14.0 Å². The molecule has 0 fully saturated rings. The summed E-state index contributed by atoms with van der Waals surface area (Å²) >= 11 is 1.75. The summed E-state index contributed by atoms with van der Waals surface area (Å²) < 4.78 is 0. The largest absolute Gasteiger partial charge is 0.368 e. The average molecular weight is 248 g/mol. The van der Waals surface area contributed by atoms with Crippen LogP contribution < -0.4 is 10.6 Å². The minimum absolute atomic E-state index is 0.281. The van der Waals surface area contributed by atoms with Crippen molar-refractivity contribution < 1.29 is 0 Å². The molecular weight excluding hydrogens is 232 g/mol. The number of thiophene rings is 1. The second-order valence-electron chi connectivity index (χ2n) is 4.04. The monoisotopic (exact) mass is 248 g/mol. The van der Waals surface area contributed by atoms with Crippen LogP contribution in [-0.4, -0.2) is 17.0 Å². The summed E-state index contributed by atoms with van der Waals surface area (Å²) in [5, 5.41) is 2.08. The van der Waals surface area contributed by atoms with Crippen molar-refractivity contribution in [3.63, 3.8) is 0 Å². The molecule has 1 atom stereocenters. The van der Waals surface area contributed by atoms with Crippen LogP contribution in [0.4, 0.5) is 11.8 Å². The van der Waals surface area contributed by atoms with Gasteiger partial charge in [0, 0.05) is 23.7 Å². The minimum Gasteiger partial charge on any atom is -0.368 e. The Morgan fingerprint density at radius 2 is 2.24 bits per heavy atom. The number of hydrogen-bond donors (Lipinski definition) is 1. The quantitative estimate of drug-likeness (QED) is 0.907. The van der Waals surface area contributed by atoms with Gasteiger partial charge in [0.05, 0.1) is 6.04 Å². The molecule has 0 aromatic carbocycles. The summed E-state index contributed by atoms with van der Waals surface area (Å²) in [6, 6.07) is 4.47. The van der Waals surface area contributed by atoms with Gasteiger partial charge in [-0.1, -0.05) is 6.07 Å². The van der Waals surface area contributed by atoms with Gasteiger partial charge in [-0.15, -0.1) is 11.3 Å². The first-order chi connectivity index (χ1) is 8.09. The van der Waals surface area contributed by atoms with E-state index in [2.05, 4.69) is 39.3 Å². The molecular formula is C12H16N4S. The molecule has 0 aliphatic carbocycles. The summed E-state index contributed by atoms with van der Waals surface area (Å²) in [5.41, 5.74) is 6.67. The van der Waals surface area contributed by atoms with Gasteiger partial charge in [-0.3, -0.25) is 0 Å². The van der Waals surface area contributed by atoms with Crippen LogP contribution in [-0.2, 0) is 0 Å². The normalized spacial score (nSPS) is 12.4. The first kappa shape index (κ1) is 11.9. The number of aryl methyl sites for hydroxylation is 1. The number of rotatable bonds is 3. The van der Waals surface area contributed by atoms with E-state index in [-0.39, 0.29) is 6.04 Å². The van der Waals surface area contributed by atoms with E-state index in [9.17, 15) is 0 Å². The van der Waals surface area contributed by atoms with Gasteiger partial charge in [0.25, 0.3) is 0 Å². The smallest absolute Gasteiger partial charge is 0.221 e. The Labute approximate surface area is 105 Å². The summed E-state index contributed by atoms with van der Waals surface area (Å²) in [5.74, 6) is 1.20. The number of aromatic nitrogens is 2. The molecule has 2 heterocycles. The van der Waals surface area contributed by atoms with Crippen molar-refractivity contribution in [2.24, 2.45) is 0 Å². The van der Waals surface area contributed by atoms with Crippen LogP contribution in [0.25, 0.3) is 0 Å². The first-order valence-corrected chi connectivity index (χ1v) is 6.33. The first-order valence-electron chi connectivity index (χ1n) is 5.45. The zero-order valence-corrected chi connectivity index (χ0v) is 11.0. The second kappa shape index (κ2) is 4.71. The Kier molecular flexibility index (Phi) is 3.28. The van der Waals surface area contributed by atoms with Crippen LogP contribution in [0.5, 0.6) is 0 Å². The topological polar surface area (TPSA) is 55.0 Å². The zero-order chi connectivity index (χ0) is 12.4. The van der Waals surface area contributed by atoms with Crippen molar-refractivity contribution in [1.29, 1.82) is 0 Å². The van der Waals surface area contributed by atoms with Gasteiger partial charge < -0.3 is 10.6 Å². The summed E-state index contributed by atoms with van der Waals surface area (Å²) in [6.45, 7) is 4.15. The highest BCUT2D eigenvalue weighted by Gasteiger charge is 2.16.